The molecule has 0 aliphatic carbocycles. The number of ether oxygens (including phenoxy) is 1. The van der Waals surface area contributed by atoms with Crippen LogP contribution in [0.2, 0.25) is 0 Å². The maximum atomic E-state index is 14.2. The van der Waals surface area contributed by atoms with Crippen molar-refractivity contribution in [2.75, 3.05) is 0 Å². The number of aromatic nitrogens is 2. The molecule has 126 valence electrons. The Labute approximate surface area is 137 Å². The largest absolute Gasteiger partial charge is 0.369 e. The van der Waals surface area contributed by atoms with Crippen LogP contribution in [0.25, 0.3) is 11.3 Å². The standard InChI is InChI=1S/C17H17F2N3O2/c1-3-14-16-10(4-8(2)24-14)11(6-13(22-16)17(20)23)15-12(19)5-9(18)7-21-15/h5-8,14H,3-4H2,1-2H3,(H2,20,23)/t8-,14+/m0/s1. The predicted molar refractivity (Wildman–Crippen MR) is 83.2 cm³/mol. The van der Waals surface area contributed by atoms with Crippen molar-refractivity contribution in [3.63, 3.8) is 0 Å². The van der Waals surface area contributed by atoms with Gasteiger partial charge in [0.1, 0.15) is 17.2 Å². The number of hydrogen-bond donors (Lipinski definition) is 1. The van der Waals surface area contributed by atoms with Crippen LogP contribution in [-0.2, 0) is 11.2 Å². The Bertz CT molecular complexity index is 811. The van der Waals surface area contributed by atoms with Gasteiger partial charge >= 0.3 is 0 Å². The minimum Gasteiger partial charge on any atom is -0.369 e. The summed E-state index contributed by atoms with van der Waals surface area (Å²) in [5, 5.41) is 0. The Kier molecular flexibility index (Phi) is 4.28. The highest BCUT2D eigenvalue weighted by atomic mass is 19.1. The van der Waals surface area contributed by atoms with Gasteiger partial charge in [-0.2, -0.15) is 0 Å². The number of fused-ring (bicyclic) bond motifs is 1. The van der Waals surface area contributed by atoms with Crippen LogP contribution in [0.15, 0.2) is 18.3 Å². The van der Waals surface area contributed by atoms with Crippen LogP contribution in [0, 0.1) is 11.6 Å². The van der Waals surface area contributed by atoms with Gasteiger partial charge in [-0.25, -0.2) is 13.8 Å². The molecule has 3 rings (SSSR count). The average molecular weight is 333 g/mol. The van der Waals surface area contributed by atoms with Gasteiger partial charge in [0.2, 0.25) is 0 Å². The summed E-state index contributed by atoms with van der Waals surface area (Å²) in [7, 11) is 0. The van der Waals surface area contributed by atoms with Crippen LogP contribution < -0.4 is 5.73 Å². The van der Waals surface area contributed by atoms with Gasteiger partial charge < -0.3 is 10.5 Å². The maximum absolute atomic E-state index is 14.2. The minimum absolute atomic E-state index is 0.00544. The van der Waals surface area contributed by atoms with Crippen molar-refractivity contribution < 1.29 is 18.3 Å². The molecule has 0 fully saturated rings. The fourth-order valence-corrected chi connectivity index (χ4v) is 2.99. The first-order valence-electron chi connectivity index (χ1n) is 7.71. The third-order valence-electron chi connectivity index (χ3n) is 4.04. The number of carbonyl (C=O) groups is 1. The molecule has 2 N–H and O–H groups in total. The fourth-order valence-electron chi connectivity index (χ4n) is 2.99. The summed E-state index contributed by atoms with van der Waals surface area (Å²) in [6.45, 7) is 3.84. The smallest absolute Gasteiger partial charge is 0.267 e. The van der Waals surface area contributed by atoms with E-state index in [1.165, 1.54) is 6.07 Å². The van der Waals surface area contributed by atoms with Crippen molar-refractivity contribution in [2.24, 2.45) is 5.73 Å². The van der Waals surface area contributed by atoms with Crippen molar-refractivity contribution in [1.29, 1.82) is 0 Å². The second-order valence-electron chi connectivity index (χ2n) is 5.81. The fraction of sp³-hybridized carbons (Fsp3) is 0.353. The number of pyridine rings is 2. The lowest BCUT2D eigenvalue weighted by Gasteiger charge is -2.30. The lowest BCUT2D eigenvalue weighted by molar-refractivity contribution is -0.0199. The molecule has 3 heterocycles. The van der Waals surface area contributed by atoms with Crippen molar-refractivity contribution in [3.05, 3.63) is 46.9 Å². The molecule has 1 aliphatic rings. The Balaban J connectivity index is 2.28. The molecule has 24 heavy (non-hydrogen) atoms. The summed E-state index contributed by atoms with van der Waals surface area (Å²) < 4.78 is 33.3. The van der Waals surface area contributed by atoms with Gasteiger partial charge in [-0.15, -0.1) is 0 Å². The molecular weight excluding hydrogens is 316 g/mol. The van der Waals surface area contributed by atoms with E-state index in [1.54, 1.807) is 0 Å². The molecule has 2 atom stereocenters. The summed E-state index contributed by atoms with van der Waals surface area (Å²) in [6.07, 6.45) is 1.67. The summed E-state index contributed by atoms with van der Waals surface area (Å²) in [4.78, 5) is 19.8. The first-order valence-corrected chi connectivity index (χ1v) is 7.71. The molecule has 1 aliphatic heterocycles. The van der Waals surface area contributed by atoms with Crippen molar-refractivity contribution >= 4 is 5.91 Å². The molecular formula is C17H17F2N3O2. The van der Waals surface area contributed by atoms with E-state index in [0.29, 0.717) is 24.1 Å². The van der Waals surface area contributed by atoms with Gasteiger partial charge in [0.25, 0.3) is 5.91 Å². The van der Waals surface area contributed by atoms with E-state index in [1.807, 2.05) is 13.8 Å². The summed E-state index contributed by atoms with van der Waals surface area (Å²) in [5.41, 5.74) is 7.05. The van der Waals surface area contributed by atoms with Gasteiger partial charge in [-0.05, 0) is 25.0 Å². The predicted octanol–water partition coefficient (Wildman–Crippen LogP) is 2.93. The van der Waals surface area contributed by atoms with Crippen LogP contribution in [0.3, 0.4) is 0 Å². The Hall–Kier alpha value is -2.41. The Morgan fingerprint density at radius 2 is 2.17 bits per heavy atom. The van der Waals surface area contributed by atoms with Crippen molar-refractivity contribution in [1.82, 2.24) is 9.97 Å². The highest BCUT2D eigenvalue weighted by Gasteiger charge is 2.30. The minimum atomic E-state index is -0.800. The Morgan fingerprint density at radius 1 is 1.42 bits per heavy atom. The van der Waals surface area contributed by atoms with Crippen LogP contribution in [0.5, 0.6) is 0 Å². The second-order valence-corrected chi connectivity index (χ2v) is 5.81. The number of nitrogens with zero attached hydrogens (tertiary/aromatic N) is 2. The van der Waals surface area contributed by atoms with Crippen LogP contribution >= 0.6 is 0 Å². The maximum Gasteiger partial charge on any atom is 0.267 e. The molecule has 0 saturated carbocycles. The summed E-state index contributed by atoms with van der Waals surface area (Å²) in [6, 6.07) is 2.17. The number of primary amides is 1. The van der Waals surface area contributed by atoms with E-state index in [2.05, 4.69) is 9.97 Å². The highest BCUT2D eigenvalue weighted by Crippen LogP contribution is 2.37. The highest BCUT2D eigenvalue weighted by molar-refractivity contribution is 5.92. The number of amides is 1. The van der Waals surface area contributed by atoms with Crippen molar-refractivity contribution in [2.45, 2.75) is 38.9 Å². The first kappa shape index (κ1) is 16.4. The van der Waals surface area contributed by atoms with Gasteiger partial charge in [-0.1, -0.05) is 6.92 Å². The molecule has 2 aromatic rings. The zero-order chi connectivity index (χ0) is 17.4. The third-order valence-corrected chi connectivity index (χ3v) is 4.04. The monoisotopic (exact) mass is 333 g/mol. The van der Waals surface area contributed by atoms with Crippen LogP contribution in [0.1, 0.15) is 48.1 Å². The number of carbonyl (C=O) groups excluding carboxylic acids is 1. The van der Waals surface area contributed by atoms with E-state index < -0.39 is 17.5 Å². The van der Waals surface area contributed by atoms with Gasteiger partial charge in [-0.3, -0.25) is 9.78 Å². The molecule has 7 heteroatoms. The van der Waals surface area contributed by atoms with E-state index in [4.69, 9.17) is 10.5 Å². The van der Waals surface area contributed by atoms with Gasteiger partial charge in [0.05, 0.1) is 24.1 Å². The normalized spacial score (nSPS) is 19.8. The zero-order valence-corrected chi connectivity index (χ0v) is 13.3. The van der Waals surface area contributed by atoms with E-state index in [0.717, 1.165) is 17.8 Å². The lowest BCUT2D eigenvalue weighted by Crippen LogP contribution is -2.27. The molecule has 0 aromatic carbocycles. The first-order chi connectivity index (χ1) is 11.4. The molecule has 2 aromatic heterocycles. The van der Waals surface area contributed by atoms with E-state index in [-0.39, 0.29) is 23.6 Å². The molecule has 0 saturated heterocycles. The SMILES string of the molecule is CC[C@H]1O[C@@H](C)Cc2c(-c3ncc(F)cc3F)cc(C(N)=O)nc21. The average Bonchev–Trinajstić information content (AvgIpc) is 2.53. The molecule has 0 unspecified atom stereocenters. The molecule has 1 amide bonds. The number of halogens is 2. The van der Waals surface area contributed by atoms with Crippen molar-refractivity contribution in [3.8, 4) is 11.3 Å². The topological polar surface area (TPSA) is 78.1 Å². The lowest BCUT2D eigenvalue weighted by atomic mass is 9.91. The molecule has 0 bridgehead atoms. The number of hydrogen-bond acceptors (Lipinski definition) is 4. The number of rotatable bonds is 3. The molecule has 0 radical (unpaired) electrons. The molecule has 5 nitrogen and oxygen atoms in total. The molecule has 0 spiro atoms. The van der Waals surface area contributed by atoms with Gasteiger partial charge in [0, 0.05) is 18.1 Å². The number of nitrogens with two attached hydrogens (primary N) is 1. The summed E-state index contributed by atoms with van der Waals surface area (Å²) in [5.74, 6) is -2.29. The zero-order valence-electron chi connectivity index (χ0n) is 13.3. The Morgan fingerprint density at radius 3 is 2.79 bits per heavy atom. The third kappa shape index (κ3) is 2.87. The van der Waals surface area contributed by atoms with Crippen LogP contribution in [0.4, 0.5) is 8.78 Å². The van der Waals surface area contributed by atoms with Gasteiger partial charge in [0.15, 0.2) is 5.82 Å². The van der Waals surface area contributed by atoms with E-state index in [9.17, 15) is 13.6 Å². The summed E-state index contributed by atoms with van der Waals surface area (Å²) >= 11 is 0. The van der Waals surface area contributed by atoms with Crippen LogP contribution in [-0.4, -0.2) is 22.0 Å². The quantitative estimate of drug-likeness (QED) is 0.937. The second kappa shape index (κ2) is 6.24. The van der Waals surface area contributed by atoms with E-state index >= 15 is 0 Å².